The van der Waals surface area contributed by atoms with E-state index in [-0.39, 0.29) is 6.10 Å². The topological polar surface area (TPSA) is 29.5 Å². The number of aliphatic hydroxyl groups is 1. The van der Waals surface area contributed by atoms with Gasteiger partial charge in [0.15, 0.2) is 0 Å². The molecule has 1 aromatic carbocycles. The van der Waals surface area contributed by atoms with Crippen molar-refractivity contribution in [2.75, 3.05) is 6.61 Å². The average molecular weight is 300 g/mol. The molecule has 120 valence electrons. The molecule has 1 N–H and O–H groups in total. The minimum Gasteiger partial charge on any atom is -0.494 e. The van der Waals surface area contributed by atoms with Gasteiger partial charge in [0, 0.05) is 0 Å². The molecule has 0 aromatic heterocycles. The van der Waals surface area contributed by atoms with Crippen molar-refractivity contribution in [3.05, 3.63) is 29.3 Å². The maximum Gasteiger partial charge on any atom is 0.119 e. The minimum atomic E-state index is -0.0597. The van der Waals surface area contributed by atoms with Crippen molar-refractivity contribution >= 4 is 0 Å². The quantitative estimate of drug-likeness (QED) is 0.882. The molecule has 3 aliphatic carbocycles. The zero-order chi connectivity index (χ0) is 15.3. The molecule has 2 saturated carbocycles. The van der Waals surface area contributed by atoms with E-state index < -0.39 is 0 Å². The van der Waals surface area contributed by atoms with Crippen LogP contribution in [0.5, 0.6) is 5.75 Å². The van der Waals surface area contributed by atoms with Gasteiger partial charge in [0.2, 0.25) is 0 Å². The molecule has 1 aromatic rings. The van der Waals surface area contributed by atoms with Crippen molar-refractivity contribution in [3.63, 3.8) is 0 Å². The summed E-state index contributed by atoms with van der Waals surface area (Å²) in [4.78, 5) is 0. The lowest BCUT2D eigenvalue weighted by Crippen LogP contribution is -2.39. The van der Waals surface area contributed by atoms with Gasteiger partial charge in [0.25, 0.3) is 0 Å². The number of aryl methyl sites for hydroxylation is 1. The van der Waals surface area contributed by atoms with E-state index >= 15 is 0 Å². The van der Waals surface area contributed by atoms with Crippen LogP contribution in [-0.2, 0) is 6.42 Å². The summed E-state index contributed by atoms with van der Waals surface area (Å²) in [6, 6.07) is 6.75. The summed E-state index contributed by atoms with van der Waals surface area (Å²) in [5, 5.41) is 10.2. The van der Waals surface area contributed by atoms with Crippen LogP contribution < -0.4 is 4.74 Å². The summed E-state index contributed by atoms with van der Waals surface area (Å²) in [6.07, 6.45) is 7.05. The van der Waals surface area contributed by atoms with E-state index in [1.54, 1.807) is 5.56 Å². The molecule has 0 aliphatic heterocycles. The van der Waals surface area contributed by atoms with E-state index in [2.05, 4.69) is 25.1 Å². The maximum absolute atomic E-state index is 10.2. The first kappa shape index (κ1) is 14.6. The fourth-order valence-corrected chi connectivity index (χ4v) is 5.84. The van der Waals surface area contributed by atoms with Crippen LogP contribution in [0.3, 0.4) is 0 Å². The van der Waals surface area contributed by atoms with Gasteiger partial charge in [-0.25, -0.2) is 0 Å². The Kier molecular flexibility index (Phi) is 3.48. The first-order valence-electron chi connectivity index (χ1n) is 9.04. The molecular formula is C20H28O2. The van der Waals surface area contributed by atoms with Gasteiger partial charge < -0.3 is 9.84 Å². The fourth-order valence-electron chi connectivity index (χ4n) is 5.84. The van der Waals surface area contributed by atoms with Gasteiger partial charge in [-0.05, 0) is 91.9 Å². The number of hydrogen-bond donors (Lipinski definition) is 1. The second-order valence-electron chi connectivity index (χ2n) is 8.00. The number of rotatable bonds is 2. The van der Waals surface area contributed by atoms with Crippen molar-refractivity contribution in [1.29, 1.82) is 0 Å². The Morgan fingerprint density at radius 2 is 2.18 bits per heavy atom. The Hall–Kier alpha value is -1.02. The Morgan fingerprint density at radius 3 is 3.00 bits per heavy atom. The summed E-state index contributed by atoms with van der Waals surface area (Å²) in [5.41, 5.74) is 3.47. The number of benzene rings is 1. The molecule has 2 fully saturated rings. The summed E-state index contributed by atoms with van der Waals surface area (Å²) in [7, 11) is 0. The molecule has 0 radical (unpaired) electrons. The summed E-state index contributed by atoms with van der Waals surface area (Å²) < 4.78 is 5.67. The number of fused-ring (bicyclic) bond motifs is 5. The zero-order valence-electron chi connectivity index (χ0n) is 13.8. The SMILES string of the molecule is CCOc1ccc2c(c1)CCC1C2CCC2(C)CC(O)CC12. The predicted octanol–water partition coefficient (Wildman–Crippen LogP) is 4.30. The number of ether oxygens (including phenoxy) is 1. The molecule has 3 aliphatic rings. The third-order valence-electron chi connectivity index (χ3n) is 6.76. The minimum absolute atomic E-state index is 0.0597. The van der Waals surface area contributed by atoms with Crippen molar-refractivity contribution in [2.45, 2.75) is 64.4 Å². The van der Waals surface area contributed by atoms with Crippen molar-refractivity contribution in [3.8, 4) is 5.75 Å². The first-order chi connectivity index (χ1) is 10.6. The molecule has 22 heavy (non-hydrogen) atoms. The van der Waals surface area contributed by atoms with Gasteiger partial charge in [-0.3, -0.25) is 0 Å². The van der Waals surface area contributed by atoms with Crippen LogP contribution in [0.4, 0.5) is 0 Å². The van der Waals surface area contributed by atoms with Gasteiger partial charge in [-0.1, -0.05) is 13.0 Å². The number of aliphatic hydroxyl groups excluding tert-OH is 1. The normalized spacial score (nSPS) is 39.8. The van der Waals surface area contributed by atoms with Gasteiger partial charge >= 0.3 is 0 Å². The van der Waals surface area contributed by atoms with E-state index in [1.807, 2.05) is 6.92 Å². The third-order valence-corrected chi connectivity index (χ3v) is 6.76. The van der Waals surface area contributed by atoms with Gasteiger partial charge in [0.05, 0.1) is 12.7 Å². The maximum atomic E-state index is 10.2. The van der Waals surface area contributed by atoms with E-state index in [0.29, 0.717) is 11.3 Å². The smallest absolute Gasteiger partial charge is 0.119 e. The zero-order valence-corrected chi connectivity index (χ0v) is 13.8. The van der Waals surface area contributed by atoms with Crippen LogP contribution in [-0.4, -0.2) is 17.8 Å². The van der Waals surface area contributed by atoms with Crippen molar-refractivity contribution < 1.29 is 9.84 Å². The molecule has 5 unspecified atom stereocenters. The Labute approximate surface area is 133 Å². The molecule has 5 atom stereocenters. The molecule has 2 heteroatoms. The molecule has 0 amide bonds. The van der Waals surface area contributed by atoms with Crippen LogP contribution in [0.15, 0.2) is 18.2 Å². The predicted molar refractivity (Wildman–Crippen MR) is 88.2 cm³/mol. The lowest BCUT2D eigenvalue weighted by molar-refractivity contribution is 0.0595. The highest BCUT2D eigenvalue weighted by Crippen LogP contribution is 2.60. The van der Waals surface area contributed by atoms with Crippen molar-refractivity contribution in [1.82, 2.24) is 0 Å². The largest absolute Gasteiger partial charge is 0.494 e. The van der Waals surface area contributed by atoms with Crippen LogP contribution in [0.25, 0.3) is 0 Å². The standard InChI is InChI=1S/C20H28O2/c1-3-22-15-5-7-16-13(10-15)4-6-18-17(16)8-9-20(2)12-14(21)11-19(18)20/h5,7,10,14,17-19,21H,3-4,6,8-9,11-12H2,1-2H3. The van der Waals surface area contributed by atoms with Crippen LogP contribution >= 0.6 is 0 Å². The van der Waals surface area contributed by atoms with Crippen LogP contribution in [0, 0.1) is 17.3 Å². The summed E-state index contributed by atoms with van der Waals surface area (Å²) in [5.74, 6) is 3.24. The summed E-state index contributed by atoms with van der Waals surface area (Å²) in [6.45, 7) is 5.21. The molecule has 0 heterocycles. The lowest BCUT2D eigenvalue weighted by Gasteiger charge is -2.49. The summed E-state index contributed by atoms with van der Waals surface area (Å²) >= 11 is 0. The highest BCUT2D eigenvalue weighted by atomic mass is 16.5. The monoisotopic (exact) mass is 300 g/mol. The molecule has 0 saturated heterocycles. The lowest BCUT2D eigenvalue weighted by atomic mass is 9.56. The van der Waals surface area contributed by atoms with Gasteiger partial charge in [0.1, 0.15) is 5.75 Å². The van der Waals surface area contributed by atoms with E-state index in [9.17, 15) is 5.11 Å². The molecular weight excluding hydrogens is 272 g/mol. The van der Waals surface area contributed by atoms with Crippen LogP contribution in [0.1, 0.15) is 63.0 Å². The Morgan fingerprint density at radius 1 is 1.32 bits per heavy atom. The molecule has 0 spiro atoms. The first-order valence-corrected chi connectivity index (χ1v) is 9.04. The highest BCUT2D eigenvalue weighted by molar-refractivity contribution is 5.40. The van der Waals surface area contributed by atoms with E-state index in [4.69, 9.17) is 4.74 Å². The van der Waals surface area contributed by atoms with Gasteiger partial charge in [-0.2, -0.15) is 0 Å². The van der Waals surface area contributed by atoms with Crippen LogP contribution in [0.2, 0.25) is 0 Å². The molecule has 4 rings (SSSR count). The fraction of sp³-hybridized carbons (Fsp3) is 0.700. The second-order valence-corrected chi connectivity index (χ2v) is 8.00. The van der Waals surface area contributed by atoms with Gasteiger partial charge in [-0.15, -0.1) is 0 Å². The second kappa shape index (κ2) is 5.26. The Balaban J connectivity index is 1.64. The average Bonchev–Trinajstić information content (AvgIpc) is 2.81. The number of hydrogen-bond acceptors (Lipinski definition) is 2. The van der Waals surface area contributed by atoms with E-state index in [1.165, 1.54) is 31.2 Å². The third kappa shape index (κ3) is 2.19. The van der Waals surface area contributed by atoms with E-state index in [0.717, 1.165) is 37.0 Å². The highest BCUT2D eigenvalue weighted by Gasteiger charge is 2.52. The Bertz CT molecular complexity index is 567. The van der Waals surface area contributed by atoms with Crippen molar-refractivity contribution in [2.24, 2.45) is 17.3 Å². The molecule has 2 nitrogen and oxygen atoms in total. The molecule has 0 bridgehead atoms.